The van der Waals surface area contributed by atoms with E-state index in [0.29, 0.717) is 12.1 Å². The molecule has 0 aliphatic carbocycles. The molecule has 0 aromatic heterocycles. The number of likely N-dealkylation sites (tertiary alicyclic amines) is 1. The van der Waals surface area contributed by atoms with Gasteiger partial charge in [-0.2, -0.15) is 0 Å². The summed E-state index contributed by atoms with van der Waals surface area (Å²) in [6.45, 7) is 12.4. The molecule has 0 radical (unpaired) electrons. The van der Waals surface area contributed by atoms with Gasteiger partial charge in [0.2, 0.25) is 0 Å². The summed E-state index contributed by atoms with van der Waals surface area (Å²) in [5.74, 6) is 0.940. The number of rotatable bonds is 7. The Kier molecular flexibility index (Phi) is 7.95. The highest BCUT2D eigenvalue weighted by molar-refractivity contribution is 5.80. The molecule has 1 aromatic carbocycles. The standard InChI is InChI=1S/C22H38N4/c1-6-22(7-2,19-11-9-8-10-12-19)17-24-21(23-5)25-20-13-15-26(16-14-20)18(3)4/h8-12,18,20H,6-7,13-17H2,1-5H3,(H2,23,24,25). The Bertz CT molecular complexity index is 541. The lowest BCUT2D eigenvalue weighted by Crippen LogP contribution is -2.51. The second-order valence-corrected chi connectivity index (χ2v) is 7.83. The summed E-state index contributed by atoms with van der Waals surface area (Å²) in [4.78, 5) is 7.04. The molecule has 1 aromatic rings. The van der Waals surface area contributed by atoms with Crippen molar-refractivity contribution in [3.05, 3.63) is 35.9 Å². The maximum atomic E-state index is 4.48. The zero-order valence-electron chi connectivity index (χ0n) is 17.4. The van der Waals surface area contributed by atoms with E-state index in [9.17, 15) is 0 Å². The van der Waals surface area contributed by atoms with Gasteiger partial charge in [0.05, 0.1) is 0 Å². The highest BCUT2D eigenvalue weighted by Gasteiger charge is 2.29. The van der Waals surface area contributed by atoms with E-state index in [0.717, 1.165) is 25.3 Å². The van der Waals surface area contributed by atoms with Crippen LogP contribution in [-0.2, 0) is 5.41 Å². The van der Waals surface area contributed by atoms with Crippen LogP contribution in [0.5, 0.6) is 0 Å². The van der Waals surface area contributed by atoms with Gasteiger partial charge in [-0.05, 0) is 45.1 Å². The number of hydrogen-bond donors (Lipinski definition) is 2. The summed E-state index contributed by atoms with van der Waals surface area (Å²) in [5.41, 5.74) is 1.57. The molecule has 26 heavy (non-hydrogen) atoms. The molecule has 4 nitrogen and oxygen atoms in total. The molecule has 1 fully saturated rings. The monoisotopic (exact) mass is 358 g/mol. The molecular formula is C22H38N4. The van der Waals surface area contributed by atoms with Crippen molar-refractivity contribution >= 4 is 5.96 Å². The smallest absolute Gasteiger partial charge is 0.191 e. The fourth-order valence-corrected chi connectivity index (χ4v) is 4.00. The molecule has 1 aliphatic rings. The van der Waals surface area contributed by atoms with Crippen LogP contribution in [-0.4, -0.2) is 49.6 Å². The van der Waals surface area contributed by atoms with Crippen LogP contribution >= 0.6 is 0 Å². The number of aliphatic imine (C=N–C) groups is 1. The number of guanidine groups is 1. The molecule has 2 rings (SSSR count). The molecule has 0 spiro atoms. The Labute approximate surface area is 160 Å². The van der Waals surface area contributed by atoms with Gasteiger partial charge >= 0.3 is 0 Å². The first kappa shape index (κ1) is 20.8. The van der Waals surface area contributed by atoms with Gasteiger partial charge in [0.15, 0.2) is 5.96 Å². The molecule has 0 saturated carbocycles. The normalized spacial score (nSPS) is 17.5. The van der Waals surface area contributed by atoms with Crippen molar-refractivity contribution in [1.29, 1.82) is 0 Å². The molecule has 4 heteroatoms. The van der Waals surface area contributed by atoms with E-state index in [4.69, 9.17) is 0 Å². The minimum atomic E-state index is 0.153. The molecule has 146 valence electrons. The topological polar surface area (TPSA) is 39.7 Å². The zero-order chi connectivity index (χ0) is 19.0. The van der Waals surface area contributed by atoms with Crippen LogP contribution < -0.4 is 10.6 Å². The average Bonchev–Trinajstić information content (AvgIpc) is 2.69. The Morgan fingerprint density at radius 1 is 1.15 bits per heavy atom. The van der Waals surface area contributed by atoms with E-state index in [1.165, 1.54) is 31.5 Å². The van der Waals surface area contributed by atoms with Crippen LogP contribution in [0.2, 0.25) is 0 Å². The quantitative estimate of drug-likeness (QED) is 0.575. The third-order valence-corrected chi connectivity index (χ3v) is 6.16. The van der Waals surface area contributed by atoms with Gasteiger partial charge in [-0.3, -0.25) is 4.99 Å². The number of nitrogens with zero attached hydrogens (tertiary/aromatic N) is 2. The van der Waals surface area contributed by atoms with E-state index in [-0.39, 0.29) is 5.41 Å². The predicted octanol–water partition coefficient (Wildman–Crippen LogP) is 3.78. The van der Waals surface area contributed by atoms with Crippen molar-refractivity contribution in [2.45, 2.75) is 70.9 Å². The second kappa shape index (κ2) is 9.96. The summed E-state index contributed by atoms with van der Waals surface area (Å²) in [6, 6.07) is 12.1. The van der Waals surface area contributed by atoms with Gasteiger partial charge in [-0.1, -0.05) is 44.2 Å². The Hall–Kier alpha value is -1.55. The van der Waals surface area contributed by atoms with E-state index in [1.54, 1.807) is 0 Å². The van der Waals surface area contributed by atoms with Crippen LogP contribution in [0.25, 0.3) is 0 Å². The molecule has 1 heterocycles. The molecule has 1 aliphatic heterocycles. The fraction of sp³-hybridized carbons (Fsp3) is 0.682. The summed E-state index contributed by atoms with van der Waals surface area (Å²) in [7, 11) is 1.88. The van der Waals surface area contributed by atoms with Crippen molar-refractivity contribution in [1.82, 2.24) is 15.5 Å². The van der Waals surface area contributed by atoms with Crippen LogP contribution in [0.1, 0.15) is 58.9 Å². The third-order valence-electron chi connectivity index (χ3n) is 6.16. The first-order chi connectivity index (χ1) is 12.5. The molecule has 0 amide bonds. The van der Waals surface area contributed by atoms with Crippen LogP contribution in [0.4, 0.5) is 0 Å². The second-order valence-electron chi connectivity index (χ2n) is 7.83. The molecule has 0 bridgehead atoms. The maximum absolute atomic E-state index is 4.48. The van der Waals surface area contributed by atoms with Crippen LogP contribution in [0.3, 0.4) is 0 Å². The Morgan fingerprint density at radius 2 is 1.77 bits per heavy atom. The van der Waals surface area contributed by atoms with Crippen LogP contribution in [0, 0.1) is 0 Å². The summed E-state index contributed by atoms with van der Waals surface area (Å²) in [6.07, 6.45) is 4.60. The first-order valence-corrected chi connectivity index (χ1v) is 10.3. The largest absolute Gasteiger partial charge is 0.356 e. The summed E-state index contributed by atoms with van der Waals surface area (Å²) >= 11 is 0. The SMILES string of the molecule is CCC(CC)(CNC(=NC)NC1CCN(C(C)C)CC1)c1ccccc1. The Morgan fingerprint density at radius 3 is 2.27 bits per heavy atom. The number of piperidine rings is 1. The Balaban J connectivity index is 1.93. The van der Waals surface area contributed by atoms with E-state index in [2.05, 4.69) is 78.6 Å². The molecular weight excluding hydrogens is 320 g/mol. The minimum absolute atomic E-state index is 0.153. The molecule has 1 saturated heterocycles. The minimum Gasteiger partial charge on any atom is -0.356 e. The van der Waals surface area contributed by atoms with E-state index < -0.39 is 0 Å². The van der Waals surface area contributed by atoms with E-state index >= 15 is 0 Å². The van der Waals surface area contributed by atoms with Gasteiger partial charge in [0.25, 0.3) is 0 Å². The third kappa shape index (κ3) is 5.23. The lowest BCUT2D eigenvalue weighted by molar-refractivity contribution is 0.167. The highest BCUT2D eigenvalue weighted by atomic mass is 15.2. The number of hydrogen-bond acceptors (Lipinski definition) is 2. The number of benzene rings is 1. The molecule has 2 N–H and O–H groups in total. The van der Waals surface area contributed by atoms with Gasteiger partial charge in [0, 0.05) is 44.2 Å². The van der Waals surface area contributed by atoms with Crippen LogP contribution in [0.15, 0.2) is 35.3 Å². The fourth-order valence-electron chi connectivity index (χ4n) is 4.00. The van der Waals surface area contributed by atoms with Crippen molar-refractivity contribution < 1.29 is 0 Å². The maximum Gasteiger partial charge on any atom is 0.191 e. The molecule has 0 unspecified atom stereocenters. The lowest BCUT2D eigenvalue weighted by Gasteiger charge is -2.36. The van der Waals surface area contributed by atoms with Crippen molar-refractivity contribution in [2.24, 2.45) is 4.99 Å². The zero-order valence-corrected chi connectivity index (χ0v) is 17.4. The van der Waals surface area contributed by atoms with Crippen molar-refractivity contribution in [3.8, 4) is 0 Å². The predicted molar refractivity (Wildman–Crippen MR) is 113 cm³/mol. The van der Waals surface area contributed by atoms with Crippen molar-refractivity contribution in [3.63, 3.8) is 0 Å². The number of nitrogens with one attached hydrogen (secondary N) is 2. The highest BCUT2D eigenvalue weighted by Crippen LogP contribution is 2.30. The van der Waals surface area contributed by atoms with E-state index in [1.807, 2.05) is 7.05 Å². The van der Waals surface area contributed by atoms with Crippen molar-refractivity contribution in [2.75, 3.05) is 26.7 Å². The van der Waals surface area contributed by atoms with Gasteiger partial charge in [-0.25, -0.2) is 0 Å². The summed E-state index contributed by atoms with van der Waals surface area (Å²) < 4.78 is 0. The lowest BCUT2D eigenvalue weighted by atomic mass is 9.76. The van der Waals surface area contributed by atoms with Gasteiger partial charge in [0.1, 0.15) is 0 Å². The first-order valence-electron chi connectivity index (χ1n) is 10.3. The van der Waals surface area contributed by atoms with Gasteiger partial charge < -0.3 is 15.5 Å². The summed E-state index contributed by atoms with van der Waals surface area (Å²) in [5, 5.41) is 7.27. The average molecular weight is 359 g/mol. The van der Waals surface area contributed by atoms with Gasteiger partial charge in [-0.15, -0.1) is 0 Å². The molecule has 0 atom stereocenters.